The molecule has 0 fully saturated rings. The Morgan fingerprint density at radius 2 is 2.42 bits per heavy atom. The number of aromatic nitrogens is 1. The number of nitrogens with two attached hydrogens (primary N) is 1. The van der Waals surface area contributed by atoms with E-state index in [0.717, 1.165) is 5.56 Å². The minimum Gasteiger partial charge on any atom is -0.383 e. The molecule has 0 aliphatic rings. The van der Waals surface area contributed by atoms with Crippen molar-refractivity contribution in [2.45, 2.75) is 6.92 Å². The van der Waals surface area contributed by atoms with Crippen molar-refractivity contribution in [1.29, 1.82) is 0 Å². The van der Waals surface area contributed by atoms with Crippen molar-refractivity contribution in [3.63, 3.8) is 0 Å². The summed E-state index contributed by atoms with van der Waals surface area (Å²) >= 11 is 4.78. The average molecular weight is 179 g/mol. The first-order valence-corrected chi connectivity index (χ1v) is 3.86. The molecule has 0 aromatic carbocycles. The number of aliphatic imine (C=N–C) groups is 1. The van der Waals surface area contributed by atoms with Gasteiger partial charge in [0.2, 0.25) is 0 Å². The van der Waals surface area contributed by atoms with Crippen molar-refractivity contribution >= 4 is 23.0 Å². The Labute approximate surface area is 76.3 Å². The molecule has 1 aromatic rings. The summed E-state index contributed by atoms with van der Waals surface area (Å²) in [6.07, 6.45) is 3.33. The second kappa shape index (κ2) is 3.92. The quantitative estimate of drug-likeness (QED) is 0.399. The maximum atomic E-state index is 5.62. The third-order valence-corrected chi connectivity index (χ3v) is 1.33. The van der Waals surface area contributed by atoms with Crippen molar-refractivity contribution in [2.24, 2.45) is 10.7 Å². The van der Waals surface area contributed by atoms with Crippen molar-refractivity contribution in [3.05, 3.63) is 30.1 Å². The van der Waals surface area contributed by atoms with Crippen LogP contribution in [0.2, 0.25) is 0 Å². The van der Waals surface area contributed by atoms with E-state index in [1.807, 2.05) is 6.07 Å². The van der Waals surface area contributed by atoms with Crippen molar-refractivity contribution in [3.8, 4) is 0 Å². The van der Waals surface area contributed by atoms with Gasteiger partial charge in [-0.2, -0.15) is 0 Å². The van der Waals surface area contributed by atoms with Gasteiger partial charge in [0, 0.05) is 18.0 Å². The Morgan fingerprint density at radius 1 is 1.67 bits per heavy atom. The molecule has 0 amide bonds. The maximum Gasteiger partial charge on any atom is 0.133 e. The van der Waals surface area contributed by atoms with Crippen molar-refractivity contribution in [2.75, 3.05) is 0 Å². The zero-order valence-electron chi connectivity index (χ0n) is 6.69. The van der Waals surface area contributed by atoms with E-state index < -0.39 is 0 Å². The van der Waals surface area contributed by atoms with Gasteiger partial charge in [0.1, 0.15) is 10.8 Å². The largest absolute Gasteiger partial charge is 0.383 e. The summed E-state index contributed by atoms with van der Waals surface area (Å²) in [6, 6.07) is 3.64. The van der Waals surface area contributed by atoms with E-state index in [1.54, 1.807) is 25.4 Å². The first-order valence-electron chi connectivity index (χ1n) is 3.45. The van der Waals surface area contributed by atoms with E-state index in [9.17, 15) is 0 Å². The highest BCUT2D eigenvalue weighted by Gasteiger charge is 1.96. The Bertz CT molecular complexity index is 305. The number of amidine groups is 1. The Hall–Kier alpha value is -1.29. The lowest BCUT2D eigenvalue weighted by Crippen LogP contribution is -2.14. The average Bonchev–Trinajstić information content (AvgIpc) is 2.05. The number of pyridine rings is 1. The summed E-state index contributed by atoms with van der Waals surface area (Å²) in [6.45, 7) is 1.72. The van der Waals surface area contributed by atoms with Crippen LogP contribution in [0.1, 0.15) is 12.5 Å². The molecule has 0 spiro atoms. The van der Waals surface area contributed by atoms with E-state index in [0.29, 0.717) is 10.8 Å². The van der Waals surface area contributed by atoms with Gasteiger partial charge in [0.25, 0.3) is 0 Å². The van der Waals surface area contributed by atoms with Crippen LogP contribution >= 0.6 is 12.2 Å². The van der Waals surface area contributed by atoms with E-state index in [-0.39, 0.29) is 0 Å². The molecule has 0 saturated heterocycles. The molecule has 2 N–H and O–H groups in total. The van der Waals surface area contributed by atoms with E-state index >= 15 is 0 Å². The predicted octanol–water partition coefficient (Wildman–Crippen LogP) is 1.13. The lowest BCUT2D eigenvalue weighted by Gasteiger charge is -1.97. The smallest absolute Gasteiger partial charge is 0.133 e. The Morgan fingerprint density at radius 3 is 2.92 bits per heavy atom. The van der Waals surface area contributed by atoms with E-state index in [2.05, 4.69) is 9.98 Å². The highest BCUT2D eigenvalue weighted by Crippen LogP contribution is 1.95. The topological polar surface area (TPSA) is 51.3 Å². The first-order chi connectivity index (χ1) is 5.70. The van der Waals surface area contributed by atoms with Crippen LogP contribution in [-0.4, -0.2) is 15.8 Å². The van der Waals surface area contributed by atoms with Gasteiger partial charge in [-0.25, -0.2) is 4.99 Å². The van der Waals surface area contributed by atoms with Crippen LogP contribution in [0.25, 0.3) is 0 Å². The molecule has 0 unspecified atom stereocenters. The van der Waals surface area contributed by atoms with Crippen LogP contribution in [-0.2, 0) is 0 Å². The fourth-order valence-corrected chi connectivity index (χ4v) is 0.847. The third kappa shape index (κ3) is 2.39. The summed E-state index contributed by atoms with van der Waals surface area (Å²) in [7, 11) is 0. The van der Waals surface area contributed by atoms with Crippen molar-refractivity contribution < 1.29 is 0 Å². The predicted molar refractivity (Wildman–Crippen MR) is 53.2 cm³/mol. The van der Waals surface area contributed by atoms with Crippen molar-refractivity contribution in [1.82, 2.24) is 4.98 Å². The molecule has 0 atom stereocenters. The van der Waals surface area contributed by atoms with Gasteiger partial charge in [-0.1, -0.05) is 12.2 Å². The van der Waals surface area contributed by atoms with Gasteiger partial charge in [-0.15, -0.1) is 0 Å². The Kier molecular flexibility index (Phi) is 2.88. The molecule has 0 aliphatic heterocycles. The zero-order chi connectivity index (χ0) is 8.97. The van der Waals surface area contributed by atoms with Gasteiger partial charge in [0.05, 0.1) is 0 Å². The number of hydrogen-bond acceptors (Lipinski definition) is 2. The summed E-state index contributed by atoms with van der Waals surface area (Å²) in [5, 5.41) is 0. The molecule has 3 nitrogen and oxygen atoms in total. The molecule has 0 saturated carbocycles. The fourth-order valence-electron chi connectivity index (χ4n) is 0.748. The van der Waals surface area contributed by atoms with Gasteiger partial charge < -0.3 is 5.73 Å². The summed E-state index contributed by atoms with van der Waals surface area (Å²) in [5.74, 6) is 0.413. The molecule has 0 aliphatic carbocycles. The van der Waals surface area contributed by atoms with Crippen LogP contribution in [0.15, 0.2) is 29.5 Å². The van der Waals surface area contributed by atoms with Crippen LogP contribution in [0.5, 0.6) is 0 Å². The fraction of sp³-hybridized carbons (Fsp3) is 0.125. The molecular weight excluding hydrogens is 170 g/mol. The Balaban J connectivity index is 2.93. The second-order valence-electron chi connectivity index (χ2n) is 2.26. The number of thiocarbonyl (C=S) groups is 1. The second-order valence-corrected chi connectivity index (χ2v) is 2.85. The van der Waals surface area contributed by atoms with Gasteiger partial charge in [0.15, 0.2) is 0 Å². The molecular formula is C8H9N3S. The summed E-state index contributed by atoms with van der Waals surface area (Å²) in [4.78, 5) is 8.37. The number of nitrogens with zero attached hydrogens (tertiary/aromatic N) is 2. The van der Waals surface area contributed by atoms with Gasteiger partial charge in [-0.3, -0.25) is 4.98 Å². The SMILES string of the molecule is CC(=S)N=C(N)c1cccnc1. The van der Waals surface area contributed by atoms with Gasteiger partial charge >= 0.3 is 0 Å². The molecule has 1 rings (SSSR count). The third-order valence-electron chi connectivity index (χ3n) is 1.24. The monoisotopic (exact) mass is 179 g/mol. The normalized spacial score (nSPS) is 11.2. The van der Waals surface area contributed by atoms with E-state index in [1.165, 1.54) is 0 Å². The lowest BCUT2D eigenvalue weighted by atomic mass is 10.3. The molecule has 1 aromatic heterocycles. The standard InChI is InChI=1S/C8H9N3S/c1-6(12)11-8(9)7-3-2-4-10-5-7/h2-5H,1H3,(H2,9,11,12). The summed E-state index contributed by atoms with van der Waals surface area (Å²) < 4.78 is 0. The zero-order valence-corrected chi connectivity index (χ0v) is 7.51. The van der Waals surface area contributed by atoms with E-state index in [4.69, 9.17) is 18.0 Å². The first kappa shape index (κ1) is 8.80. The highest BCUT2D eigenvalue weighted by atomic mass is 32.1. The lowest BCUT2D eigenvalue weighted by molar-refractivity contribution is 1.31. The minimum absolute atomic E-state index is 0.413. The maximum absolute atomic E-state index is 5.62. The molecule has 1 heterocycles. The van der Waals surface area contributed by atoms with Gasteiger partial charge in [-0.05, 0) is 19.1 Å². The van der Waals surface area contributed by atoms with Crippen LogP contribution < -0.4 is 5.73 Å². The molecule has 0 radical (unpaired) electrons. The number of hydrogen-bond donors (Lipinski definition) is 1. The summed E-state index contributed by atoms with van der Waals surface area (Å²) in [5.41, 5.74) is 6.41. The molecule has 62 valence electrons. The molecule has 4 heteroatoms. The number of rotatable bonds is 1. The highest BCUT2D eigenvalue weighted by molar-refractivity contribution is 7.80. The van der Waals surface area contributed by atoms with Crippen LogP contribution in [0.3, 0.4) is 0 Å². The minimum atomic E-state index is 0.413. The molecule has 12 heavy (non-hydrogen) atoms. The van der Waals surface area contributed by atoms with Crippen LogP contribution in [0, 0.1) is 0 Å². The van der Waals surface area contributed by atoms with Crippen LogP contribution in [0.4, 0.5) is 0 Å². The molecule has 0 bridgehead atoms.